The van der Waals surface area contributed by atoms with Gasteiger partial charge in [0.2, 0.25) is 4.38 Å². The molecule has 0 N–H and O–H groups in total. The van der Waals surface area contributed by atoms with Crippen LogP contribution in [0, 0.1) is 0 Å². The Morgan fingerprint density at radius 1 is 0.895 bits per heavy atom. The van der Waals surface area contributed by atoms with Crippen LogP contribution in [0.25, 0.3) is 0 Å². The first-order valence-corrected chi connectivity index (χ1v) is 9.39. The monoisotopic (exact) mass is 304 g/mol. The largest absolute Gasteiger partial charge is 0.476 e. The predicted octanol–water partition coefficient (Wildman–Crippen LogP) is 6.35. The topological polar surface area (TPSA) is 9.23 Å². The van der Waals surface area contributed by atoms with E-state index in [0.29, 0.717) is 4.38 Å². The maximum Gasteiger partial charge on any atom is 0.220 e. The van der Waals surface area contributed by atoms with Crippen LogP contribution in [0.15, 0.2) is 0 Å². The van der Waals surface area contributed by atoms with Gasteiger partial charge in [0.25, 0.3) is 0 Å². The highest BCUT2D eigenvalue weighted by Gasteiger charge is 2.01. The second-order valence-electron chi connectivity index (χ2n) is 5.45. The number of unbranched alkanes of at least 4 members (excludes halogenated alkanes) is 9. The van der Waals surface area contributed by atoms with Crippen molar-refractivity contribution in [3.05, 3.63) is 0 Å². The van der Waals surface area contributed by atoms with Crippen molar-refractivity contribution in [2.24, 2.45) is 0 Å². The molecule has 0 saturated heterocycles. The van der Waals surface area contributed by atoms with Gasteiger partial charge in [0.1, 0.15) is 0 Å². The van der Waals surface area contributed by atoms with Crippen molar-refractivity contribution in [3.8, 4) is 0 Å². The van der Waals surface area contributed by atoms with E-state index in [1.807, 2.05) is 13.8 Å². The van der Waals surface area contributed by atoms with E-state index in [1.54, 1.807) is 11.8 Å². The molecule has 0 bridgehead atoms. The molecule has 0 radical (unpaired) electrons. The number of ether oxygens (including phenoxy) is 1. The molecule has 0 saturated carbocycles. The average Bonchev–Trinajstić information content (AvgIpc) is 2.35. The van der Waals surface area contributed by atoms with Crippen LogP contribution in [0.5, 0.6) is 0 Å². The van der Waals surface area contributed by atoms with E-state index in [0.717, 1.165) is 5.75 Å². The van der Waals surface area contributed by atoms with Gasteiger partial charge in [0, 0.05) is 5.75 Å². The summed E-state index contributed by atoms with van der Waals surface area (Å²) in [6, 6.07) is 0. The fraction of sp³-hybridized carbons (Fsp3) is 0.938. The highest BCUT2D eigenvalue weighted by atomic mass is 32.2. The molecule has 0 aliphatic rings. The number of thioether (sulfide) groups is 1. The van der Waals surface area contributed by atoms with Crippen LogP contribution in [-0.4, -0.2) is 16.2 Å². The summed E-state index contributed by atoms with van der Waals surface area (Å²) < 4.78 is 6.15. The summed E-state index contributed by atoms with van der Waals surface area (Å²) in [7, 11) is 0. The second kappa shape index (κ2) is 14.6. The SMILES string of the molecule is CCCCCCCCCCCCSC(=S)OC(C)C. The zero-order valence-corrected chi connectivity index (χ0v) is 14.7. The maximum absolute atomic E-state index is 5.44. The van der Waals surface area contributed by atoms with Crippen molar-refractivity contribution in [2.45, 2.75) is 91.1 Å². The molecule has 0 unspecified atom stereocenters. The highest BCUT2D eigenvalue weighted by Crippen LogP contribution is 2.14. The Morgan fingerprint density at radius 3 is 1.84 bits per heavy atom. The van der Waals surface area contributed by atoms with Crippen LogP contribution in [0.4, 0.5) is 0 Å². The van der Waals surface area contributed by atoms with Crippen molar-refractivity contribution in [2.75, 3.05) is 5.75 Å². The van der Waals surface area contributed by atoms with Crippen molar-refractivity contribution in [3.63, 3.8) is 0 Å². The van der Waals surface area contributed by atoms with E-state index in [9.17, 15) is 0 Å². The molecule has 0 spiro atoms. The molecule has 0 rings (SSSR count). The molecule has 19 heavy (non-hydrogen) atoms. The standard InChI is InChI=1S/C16H32OS2/c1-4-5-6-7-8-9-10-11-12-13-14-19-16(18)17-15(2)3/h15H,4-14H2,1-3H3. The van der Waals surface area contributed by atoms with Crippen LogP contribution < -0.4 is 0 Å². The number of hydrogen-bond acceptors (Lipinski definition) is 3. The molecule has 0 aliphatic carbocycles. The Bertz CT molecular complexity index is 205. The third-order valence-electron chi connectivity index (χ3n) is 3.05. The van der Waals surface area contributed by atoms with Crippen LogP contribution in [-0.2, 0) is 4.74 Å². The zero-order valence-electron chi connectivity index (χ0n) is 13.1. The van der Waals surface area contributed by atoms with Gasteiger partial charge in [-0.3, -0.25) is 0 Å². The van der Waals surface area contributed by atoms with Crippen LogP contribution >= 0.6 is 24.0 Å². The minimum atomic E-state index is 0.215. The van der Waals surface area contributed by atoms with Crippen molar-refractivity contribution >= 4 is 28.4 Å². The minimum absolute atomic E-state index is 0.215. The summed E-state index contributed by atoms with van der Waals surface area (Å²) in [5.41, 5.74) is 0. The molecule has 0 aromatic heterocycles. The number of rotatable bonds is 12. The molecule has 0 aromatic carbocycles. The van der Waals surface area contributed by atoms with E-state index >= 15 is 0 Å². The van der Waals surface area contributed by atoms with Crippen molar-refractivity contribution < 1.29 is 4.74 Å². The van der Waals surface area contributed by atoms with E-state index in [2.05, 4.69) is 6.92 Å². The third kappa shape index (κ3) is 16.2. The molecule has 3 heteroatoms. The van der Waals surface area contributed by atoms with Gasteiger partial charge < -0.3 is 4.74 Å². The summed E-state index contributed by atoms with van der Waals surface area (Å²) >= 11 is 6.83. The second-order valence-corrected chi connectivity index (χ2v) is 7.14. The van der Waals surface area contributed by atoms with Crippen LogP contribution in [0.2, 0.25) is 0 Å². The molecule has 0 aliphatic heterocycles. The Balaban J connectivity index is 3.08. The summed E-state index contributed by atoms with van der Waals surface area (Å²) in [4.78, 5) is 0. The lowest BCUT2D eigenvalue weighted by Crippen LogP contribution is -2.06. The lowest BCUT2D eigenvalue weighted by atomic mass is 10.1. The molecule has 1 nitrogen and oxygen atoms in total. The van der Waals surface area contributed by atoms with Crippen LogP contribution in [0.3, 0.4) is 0 Å². The minimum Gasteiger partial charge on any atom is -0.476 e. The summed E-state index contributed by atoms with van der Waals surface area (Å²) in [6.07, 6.45) is 14.1. The van der Waals surface area contributed by atoms with E-state index in [4.69, 9.17) is 17.0 Å². The Kier molecular flexibility index (Phi) is 14.8. The quantitative estimate of drug-likeness (QED) is 0.307. The van der Waals surface area contributed by atoms with E-state index in [1.165, 1.54) is 64.2 Å². The molecule has 0 heterocycles. The van der Waals surface area contributed by atoms with Crippen LogP contribution in [0.1, 0.15) is 85.0 Å². The normalized spacial score (nSPS) is 10.9. The van der Waals surface area contributed by atoms with Crippen molar-refractivity contribution in [1.29, 1.82) is 0 Å². The molecule has 0 fully saturated rings. The van der Waals surface area contributed by atoms with Gasteiger partial charge in [-0.1, -0.05) is 76.5 Å². The fourth-order valence-electron chi connectivity index (χ4n) is 1.97. The first kappa shape index (κ1) is 19.2. The molecule has 0 amide bonds. The first-order chi connectivity index (χ1) is 9.16. The fourth-order valence-corrected chi connectivity index (χ4v) is 3.19. The van der Waals surface area contributed by atoms with Gasteiger partial charge in [-0.05, 0) is 32.5 Å². The summed E-state index contributed by atoms with van der Waals surface area (Å²) in [5, 5.41) is 0. The lowest BCUT2D eigenvalue weighted by Gasteiger charge is -2.09. The third-order valence-corrected chi connectivity index (χ3v) is 4.32. The molecule has 114 valence electrons. The Hall–Kier alpha value is 0.240. The molecule has 0 atom stereocenters. The Morgan fingerprint density at radius 2 is 1.37 bits per heavy atom. The average molecular weight is 305 g/mol. The van der Waals surface area contributed by atoms with Gasteiger partial charge in [0.15, 0.2) is 0 Å². The van der Waals surface area contributed by atoms with Gasteiger partial charge in [0.05, 0.1) is 6.10 Å². The van der Waals surface area contributed by atoms with Gasteiger partial charge in [-0.15, -0.1) is 0 Å². The van der Waals surface area contributed by atoms with E-state index in [-0.39, 0.29) is 6.10 Å². The highest BCUT2D eigenvalue weighted by molar-refractivity contribution is 8.22. The Labute approximate surface area is 130 Å². The zero-order chi connectivity index (χ0) is 14.3. The summed E-state index contributed by atoms with van der Waals surface area (Å²) in [5.74, 6) is 1.11. The van der Waals surface area contributed by atoms with E-state index < -0.39 is 0 Å². The van der Waals surface area contributed by atoms with Gasteiger partial charge in [-0.25, -0.2) is 0 Å². The number of thiocarbonyl (C=S) groups is 1. The van der Waals surface area contributed by atoms with Crippen molar-refractivity contribution in [1.82, 2.24) is 0 Å². The first-order valence-electron chi connectivity index (χ1n) is 8.00. The lowest BCUT2D eigenvalue weighted by molar-refractivity contribution is 0.243. The maximum atomic E-state index is 5.44. The number of hydrogen-bond donors (Lipinski definition) is 0. The molecular weight excluding hydrogens is 272 g/mol. The smallest absolute Gasteiger partial charge is 0.220 e. The van der Waals surface area contributed by atoms with Gasteiger partial charge >= 0.3 is 0 Å². The molecule has 0 aromatic rings. The van der Waals surface area contributed by atoms with Gasteiger partial charge in [-0.2, -0.15) is 0 Å². The predicted molar refractivity (Wildman–Crippen MR) is 93.1 cm³/mol. The molecular formula is C16H32OS2. The summed E-state index contributed by atoms with van der Waals surface area (Å²) in [6.45, 7) is 6.32.